The molecule has 18 heavy (non-hydrogen) atoms. The number of methoxy groups -OCH3 is 1. The Hall–Kier alpha value is -2.49. The topological polar surface area (TPSA) is 51.5 Å². The number of aliphatic imine (C=N–C) groups is 1. The van der Waals surface area contributed by atoms with Crippen LogP contribution < -0.4 is 0 Å². The predicted octanol–water partition coefficient (Wildman–Crippen LogP) is 2.62. The molecule has 2 aromatic rings. The summed E-state index contributed by atoms with van der Waals surface area (Å²) >= 11 is 0. The molecule has 0 atom stereocenters. The van der Waals surface area contributed by atoms with E-state index in [1.165, 1.54) is 7.11 Å². The zero-order valence-corrected chi connectivity index (χ0v) is 9.91. The number of carbonyl (C=O) groups is 1. The maximum Gasteiger partial charge on any atom is 0.337 e. The Labute approximate surface area is 105 Å². The molecule has 0 N–H and O–H groups in total. The van der Waals surface area contributed by atoms with Gasteiger partial charge in [0.25, 0.3) is 0 Å². The number of esters is 1. The van der Waals surface area contributed by atoms with E-state index in [2.05, 4.69) is 14.7 Å². The number of pyridine rings is 1. The Morgan fingerprint density at radius 3 is 2.44 bits per heavy atom. The van der Waals surface area contributed by atoms with Crippen molar-refractivity contribution < 1.29 is 9.53 Å². The van der Waals surface area contributed by atoms with Gasteiger partial charge < -0.3 is 4.74 Å². The quantitative estimate of drug-likeness (QED) is 0.612. The van der Waals surface area contributed by atoms with Gasteiger partial charge in [0, 0.05) is 18.6 Å². The highest BCUT2D eigenvalue weighted by molar-refractivity contribution is 5.90. The smallest absolute Gasteiger partial charge is 0.337 e. The molecule has 1 aromatic heterocycles. The molecule has 2 rings (SSSR count). The molecule has 0 bridgehead atoms. The highest BCUT2D eigenvalue weighted by Crippen LogP contribution is 2.09. The van der Waals surface area contributed by atoms with Crippen molar-refractivity contribution in [2.45, 2.75) is 0 Å². The number of benzene rings is 1. The summed E-state index contributed by atoms with van der Waals surface area (Å²) in [5.74, 6) is -0.340. The van der Waals surface area contributed by atoms with Crippen molar-refractivity contribution in [1.29, 1.82) is 0 Å². The minimum absolute atomic E-state index is 0.340. The van der Waals surface area contributed by atoms with Crippen LogP contribution in [0.15, 0.2) is 53.8 Å². The van der Waals surface area contributed by atoms with Gasteiger partial charge in [-0.3, -0.25) is 9.98 Å². The number of ether oxygens (including phenoxy) is 1. The van der Waals surface area contributed by atoms with Crippen LogP contribution in [0.1, 0.15) is 15.9 Å². The maximum atomic E-state index is 11.2. The van der Waals surface area contributed by atoms with Gasteiger partial charge in [0.15, 0.2) is 0 Å². The SMILES string of the molecule is COC(=O)c1ccc(C=Nc2ccncc2)cc1. The van der Waals surface area contributed by atoms with Crippen molar-refractivity contribution in [2.24, 2.45) is 4.99 Å². The van der Waals surface area contributed by atoms with E-state index < -0.39 is 0 Å². The Kier molecular flexibility index (Phi) is 3.81. The summed E-state index contributed by atoms with van der Waals surface area (Å²) in [5.41, 5.74) is 2.28. The maximum absolute atomic E-state index is 11.2. The molecular weight excluding hydrogens is 228 g/mol. The summed E-state index contributed by atoms with van der Waals surface area (Å²) in [6.07, 6.45) is 5.11. The van der Waals surface area contributed by atoms with Crippen LogP contribution in [-0.2, 0) is 4.74 Å². The van der Waals surface area contributed by atoms with E-state index in [0.717, 1.165) is 11.3 Å². The molecule has 0 saturated carbocycles. The van der Waals surface area contributed by atoms with Crippen molar-refractivity contribution in [3.05, 3.63) is 59.9 Å². The normalized spacial score (nSPS) is 10.5. The van der Waals surface area contributed by atoms with Crippen LogP contribution in [0.2, 0.25) is 0 Å². The summed E-state index contributed by atoms with van der Waals surface area (Å²) in [7, 11) is 1.36. The van der Waals surface area contributed by atoms with Crippen LogP contribution in [0.25, 0.3) is 0 Å². The highest BCUT2D eigenvalue weighted by atomic mass is 16.5. The molecule has 0 aliphatic rings. The lowest BCUT2D eigenvalue weighted by atomic mass is 10.1. The van der Waals surface area contributed by atoms with Crippen LogP contribution >= 0.6 is 0 Å². The Bertz CT molecular complexity index is 548. The van der Waals surface area contributed by atoms with Gasteiger partial charge in [0.1, 0.15) is 0 Å². The third-order valence-electron chi connectivity index (χ3n) is 2.36. The van der Waals surface area contributed by atoms with E-state index in [1.54, 1.807) is 30.7 Å². The molecule has 0 aliphatic heterocycles. The first-order chi connectivity index (χ1) is 8.79. The first kappa shape index (κ1) is 12.0. The zero-order chi connectivity index (χ0) is 12.8. The molecule has 0 radical (unpaired) electrons. The number of nitrogens with zero attached hydrogens (tertiary/aromatic N) is 2. The van der Waals surface area contributed by atoms with Gasteiger partial charge in [-0.2, -0.15) is 0 Å². The lowest BCUT2D eigenvalue weighted by Crippen LogP contribution is -2.00. The number of rotatable bonds is 3. The summed E-state index contributed by atoms with van der Waals surface area (Å²) < 4.78 is 4.63. The number of carbonyl (C=O) groups excluding carboxylic acids is 1. The average molecular weight is 240 g/mol. The van der Waals surface area contributed by atoms with Crippen molar-refractivity contribution in [2.75, 3.05) is 7.11 Å². The van der Waals surface area contributed by atoms with Crippen LogP contribution in [0, 0.1) is 0 Å². The molecule has 0 aliphatic carbocycles. The second kappa shape index (κ2) is 5.72. The fourth-order valence-corrected chi connectivity index (χ4v) is 1.40. The molecule has 0 saturated heterocycles. The number of hydrogen-bond donors (Lipinski definition) is 0. The van der Waals surface area contributed by atoms with E-state index in [9.17, 15) is 4.79 Å². The minimum atomic E-state index is -0.340. The van der Waals surface area contributed by atoms with Gasteiger partial charge in [0.05, 0.1) is 18.4 Å². The summed E-state index contributed by atoms with van der Waals surface area (Å²) in [6, 6.07) is 10.7. The zero-order valence-electron chi connectivity index (χ0n) is 9.91. The number of hydrogen-bond acceptors (Lipinski definition) is 4. The largest absolute Gasteiger partial charge is 0.465 e. The predicted molar refractivity (Wildman–Crippen MR) is 69.3 cm³/mol. The van der Waals surface area contributed by atoms with E-state index >= 15 is 0 Å². The van der Waals surface area contributed by atoms with Crippen LogP contribution in [0.4, 0.5) is 5.69 Å². The van der Waals surface area contributed by atoms with Gasteiger partial charge in [-0.25, -0.2) is 4.79 Å². The summed E-state index contributed by atoms with van der Waals surface area (Å²) in [6.45, 7) is 0. The molecule has 0 unspecified atom stereocenters. The van der Waals surface area contributed by atoms with Gasteiger partial charge >= 0.3 is 5.97 Å². The molecule has 1 aromatic carbocycles. The van der Waals surface area contributed by atoms with Crippen molar-refractivity contribution in [3.8, 4) is 0 Å². The first-order valence-electron chi connectivity index (χ1n) is 5.42. The molecule has 90 valence electrons. The van der Waals surface area contributed by atoms with Gasteiger partial charge in [-0.1, -0.05) is 12.1 Å². The van der Waals surface area contributed by atoms with Crippen LogP contribution in [0.5, 0.6) is 0 Å². The van der Waals surface area contributed by atoms with E-state index in [-0.39, 0.29) is 5.97 Å². The second-order valence-corrected chi connectivity index (χ2v) is 3.58. The Morgan fingerprint density at radius 2 is 1.83 bits per heavy atom. The fourth-order valence-electron chi connectivity index (χ4n) is 1.40. The molecule has 4 heteroatoms. The van der Waals surface area contributed by atoms with Gasteiger partial charge in [0.2, 0.25) is 0 Å². The van der Waals surface area contributed by atoms with Crippen molar-refractivity contribution >= 4 is 17.9 Å². The molecule has 1 heterocycles. The second-order valence-electron chi connectivity index (χ2n) is 3.58. The molecular formula is C14H12N2O2. The molecule has 0 amide bonds. The summed E-state index contributed by atoms with van der Waals surface area (Å²) in [4.78, 5) is 19.4. The average Bonchev–Trinajstić information content (AvgIpc) is 2.46. The fraction of sp³-hybridized carbons (Fsp3) is 0.0714. The van der Waals surface area contributed by atoms with Gasteiger partial charge in [-0.05, 0) is 29.8 Å². The Balaban J connectivity index is 2.11. The minimum Gasteiger partial charge on any atom is -0.465 e. The molecule has 0 spiro atoms. The van der Waals surface area contributed by atoms with Gasteiger partial charge in [-0.15, -0.1) is 0 Å². The van der Waals surface area contributed by atoms with E-state index in [4.69, 9.17) is 0 Å². The van der Waals surface area contributed by atoms with E-state index in [1.807, 2.05) is 24.3 Å². The van der Waals surface area contributed by atoms with E-state index in [0.29, 0.717) is 5.56 Å². The molecule has 0 fully saturated rings. The first-order valence-corrected chi connectivity index (χ1v) is 5.42. The third kappa shape index (κ3) is 3.01. The monoisotopic (exact) mass is 240 g/mol. The Morgan fingerprint density at radius 1 is 1.17 bits per heavy atom. The van der Waals surface area contributed by atoms with Crippen LogP contribution in [0.3, 0.4) is 0 Å². The third-order valence-corrected chi connectivity index (χ3v) is 2.36. The van der Waals surface area contributed by atoms with Crippen LogP contribution in [-0.4, -0.2) is 24.3 Å². The summed E-state index contributed by atoms with van der Waals surface area (Å²) in [5, 5.41) is 0. The lowest BCUT2D eigenvalue weighted by Gasteiger charge is -1.99. The lowest BCUT2D eigenvalue weighted by molar-refractivity contribution is 0.0601. The highest BCUT2D eigenvalue weighted by Gasteiger charge is 2.03. The molecule has 4 nitrogen and oxygen atoms in total. The van der Waals surface area contributed by atoms with Crippen molar-refractivity contribution in [3.63, 3.8) is 0 Å². The van der Waals surface area contributed by atoms with Crippen molar-refractivity contribution in [1.82, 2.24) is 4.98 Å². The number of aromatic nitrogens is 1. The standard InChI is InChI=1S/C14H12N2O2/c1-18-14(17)12-4-2-11(3-5-12)10-16-13-6-8-15-9-7-13/h2-10H,1H3.